The van der Waals surface area contributed by atoms with Crippen LogP contribution in [0.3, 0.4) is 0 Å². The van der Waals surface area contributed by atoms with Crippen molar-refractivity contribution in [2.45, 2.75) is 0 Å². The predicted octanol–water partition coefficient (Wildman–Crippen LogP) is 9.96. The molecule has 0 aromatic heterocycles. The van der Waals surface area contributed by atoms with Crippen LogP contribution < -0.4 is 68.7 Å². The summed E-state index contributed by atoms with van der Waals surface area (Å²) in [5.41, 5.74) is 0. The number of benzene rings is 12. The molecule has 0 radical (unpaired) electrons. The second kappa shape index (κ2) is 37.5. The molecule has 12 aromatic carbocycles. The van der Waals surface area contributed by atoms with Crippen molar-refractivity contribution in [1.29, 1.82) is 0 Å². The number of hydrogen-bond donors (Lipinski definition) is 6. The van der Waals surface area contributed by atoms with Gasteiger partial charge in [-0.2, -0.15) is 0 Å². The topological polar surface area (TPSA) is 121 Å². The summed E-state index contributed by atoms with van der Waals surface area (Å²) in [5, 5.41) is 15.2. The maximum absolute atomic E-state index is 8.86. The van der Waals surface area contributed by atoms with Gasteiger partial charge in [0.2, 0.25) is 0 Å². The van der Waals surface area contributed by atoms with Gasteiger partial charge in [-0.25, -0.2) is 0 Å². The van der Waals surface area contributed by atoms with Crippen LogP contribution in [0, 0.1) is 0 Å². The Labute approximate surface area is 534 Å². The maximum atomic E-state index is 8.86. The molecule has 0 heterocycles. The summed E-state index contributed by atoms with van der Waals surface area (Å²) in [5.74, 6) is 0. The fourth-order valence-corrected chi connectivity index (χ4v) is 17.9. The normalized spacial score (nSPS) is 10.7. The van der Waals surface area contributed by atoms with Gasteiger partial charge in [-0.1, -0.05) is 366 Å². The second-order valence-corrected chi connectivity index (χ2v) is 32.2. The SMILES string of the molecule is O[Si](O)(O)c1ccc([Si](O)(O)O)cc1.[Cl][Ni][Cl].c1ccc(P(c2ccccc2)c2ccccc2)cc1.c1ccc(P(c2ccccc2)c2ccccc2)cc1.c1ccc(P(c2ccccc2)c2ccccc2)cc1.c1ccc(Pc2ccccc2)cc1. The fourth-order valence-electron chi connectivity index (χ4n) is 8.66. The average molecular weight is 1340 g/mol. The summed E-state index contributed by atoms with van der Waals surface area (Å²) in [7, 11) is 0.152. The monoisotopic (exact) mass is 1330 g/mol. The first kappa shape index (κ1) is 68.1. The molecule has 0 amide bonds. The molecule has 0 saturated carbocycles. The Morgan fingerprint density at radius 2 is 0.345 bits per heavy atom. The molecule has 0 unspecified atom stereocenters. The molecule has 15 heteroatoms. The van der Waals surface area contributed by atoms with E-state index in [0.29, 0.717) is 12.7 Å². The molecule has 12 aromatic rings. The van der Waals surface area contributed by atoms with Crippen LogP contribution >= 0.6 is 52.7 Å². The van der Waals surface area contributed by atoms with Gasteiger partial charge in [-0.05, 0) is 82.1 Å². The van der Waals surface area contributed by atoms with E-state index in [1.54, 1.807) is 0 Å². The second-order valence-electron chi connectivity index (χ2n) is 18.8. The zero-order valence-electron chi connectivity index (χ0n) is 47.2. The van der Waals surface area contributed by atoms with E-state index in [1.807, 2.05) is 0 Å². The van der Waals surface area contributed by atoms with Crippen molar-refractivity contribution >= 4 is 139 Å². The molecule has 442 valence electrons. The largest absolute Gasteiger partial charge is 0.0622 e. The molecule has 0 spiro atoms. The molecule has 12 rings (SSSR count). The van der Waals surface area contributed by atoms with Crippen LogP contribution in [-0.2, 0) is 12.7 Å². The molecule has 0 aliphatic rings. The van der Waals surface area contributed by atoms with Crippen LogP contribution in [0.2, 0.25) is 0 Å². The molecule has 6 nitrogen and oxygen atoms in total. The van der Waals surface area contributed by atoms with Gasteiger partial charge in [0, 0.05) is 10.4 Å². The standard InChI is InChI=1S/3C18H15P.C12H11P.C6H10O6Si2.2ClH.Ni/c3*1-4-10-16(11-5-1)19(17-12-6-2-7-13-17)18-14-8-3-9-15-18;1-3-7-11(8-4-1)13-12-9-5-2-6-10-12;7-13(8,9)5-1-2-6(4-3-5)14(10,11)12;;;/h3*1-15H;1-10,13H;1-4,7-12H;2*1H;/q;;;;;;;+2/p-2. The van der Waals surface area contributed by atoms with Gasteiger partial charge in [-0.3, -0.25) is 0 Å². The quantitative estimate of drug-likeness (QED) is 0.0506. The Morgan fingerprint density at radius 3 is 0.471 bits per heavy atom. The van der Waals surface area contributed by atoms with Crippen molar-refractivity contribution in [2.75, 3.05) is 0 Å². The van der Waals surface area contributed by atoms with E-state index in [-0.39, 0.29) is 10.4 Å². The van der Waals surface area contributed by atoms with Crippen molar-refractivity contribution in [3.05, 3.63) is 358 Å². The van der Waals surface area contributed by atoms with Crippen LogP contribution in [0.1, 0.15) is 0 Å². The van der Waals surface area contributed by atoms with Gasteiger partial charge >= 0.3 is 50.7 Å². The van der Waals surface area contributed by atoms with E-state index in [2.05, 4.69) is 334 Å². The van der Waals surface area contributed by atoms with Gasteiger partial charge in [0.15, 0.2) is 0 Å². The Kier molecular flexibility index (Phi) is 29.3. The third kappa shape index (κ3) is 23.3. The maximum Gasteiger partial charge on any atom is -0.0134 e. The van der Waals surface area contributed by atoms with Crippen LogP contribution in [-0.4, -0.2) is 46.4 Å². The van der Waals surface area contributed by atoms with E-state index >= 15 is 0 Å². The Hall–Kier alpha value is -6.37. The fraction of sp³-hybridized carbons (Fsp3) is 0. The smallest absolute Gasteiger partial charge is 0.0134 e. The summed E-state index contributed by atoms with van der Waals surface area (Å²) in [6.45, 7) is 0. The van der Waals surface area contributed by atoms with Crippen molar-refractivity contribution in [2.24, 2.45) is 0 Å². The van der Waals surface area contributed by atoms with E-state index in [9.17, 15) is 0 Å². The van der Waals surface area contributed by atoms with Crippen molar-refractivity contribution in [1.82, 2.24) is 0 Å². The Bertz CT molecular complexity index is 3090. The Balaban J connectivity index is 0.000000155. The molecular formula is C72H66Cl2NiO6P4Si2. The first-order chi connectivity index (χ1) is 42.4. The van der Waals surface area contributed by atoms with E-state index in [1.165, 1.54) is 58.3 Å². The van der Waals surface area contributed by atoms with Crippen LogP contribution in [0.15, 0.2) is 358 Å². The molecule has 6 N–H and O–H groups in total. The zero-order chi connectivity index (χ0) is 61.4. The third-order valence-corrected chi connectivity index (χ3v) is 23.4. The third-order valence-electron chi connectivity index (χ3n) is 12.6. The van der Waals surface area contributed by atoms with Crippen molar-refractivity contribution < 1.29 is 41.4 Å². The van der Waals surface area contributed by atoms with Crippen LogP contribution in [0.4, 0.5) is 0 Å². The summed E-state index contributed by atoms with van der Waals surface area (Å²) in [4.78, 5) is 53.1. The molecule has 0 aliphatic heterocycles. The molecule has 0 bridgehead atoms. The molecule has 0 fully saturated rings. The summed E-state index contributed by atoms with van der Waals surface area (Å²) >= 11 is 0.569. The van der Waals surface area contributed by atoms with Crippen LogP contribution in [0.25, 0.3) is 0 Å². The van der Waals surface area contributed by atoms with Gasteiger partial charge in [0.1, 0.15) is 0 Å². The minimum atomic E-state index is -4.34. The summed E-state index contributed by atoms with van der Waals surface area (Å²) in [6, 6.07) is 123. The van der Waals surface area contributed by atoms with Gasteiger partial charge < -0.3 is 28.8 Å². The number of hydrogen-bond acceptors (Lipinski definition) is 6. The van der Waals surface area contributed by atoms with Crippen molar-refractivity contribution in [3.63, 3.8) is 0 Å². The van der Waals surface area contributed by atoms with E-state index in [0.717, 1.165) is 32.8 Å². The minimum absolute atomic E-state index is 0.0977. The Morgan fingerprint density at radius 1 is 0.218 bits per heavy atom. The van der Waals surface area contributed by atoms with Crippen LogP contribution in [0.5, 0.6) is 0 Å². The molecule has 0 atom stereocenters. The predicted molar refractivity (Wildman–Crippen MR) is 378 cm³/mol. The van der Waals surface area contributed by atoms with E-state index in [4.69, 9.17) is 49.2 Å². The summed E-state index contributed by atoms with van der Waals surface area (Å²) in [6.07, 6.45) is 0. The molecular weight excluding hydrogens is 1270 g/mol. The van der Waals surface area contributed by atoms with Gasteiger partial charge in [-0.15, -0.1) is 0 Å². The van der Waals surface area contributed by atoms with Crippen molar-refractivity contribution in [3.8, 4) is 0 Å². The molecule has 87 heavy (non-hydrogen) atoms. The summed E-state index contributed by atoms with van der Waals surface area (Å²) < 4.78 is 0. The average Bonchev–Trinajstić information content (AvgIpc) is 3.20. The van der Waals surface area contributed by atoms with Gasteiger partial charge in [0.05, 0.1) is 0 Å². The van der Waals surface area contributed by atoms with E-state index < -0.39 is 41.4 Å². The first-order valence-electron chi connectivity index (χ1n) is 27.4. The molecule has 0 aliphatic carbocycles. The number of rotatable bonds is 13. The minimum Gasteiger partial charge on any atom is -0.0622 e. The molecule has 0 saturated heterocycles. The number of halogens is 2. The zero-order valence-corrected chi connectivity index (χ0v) is 55.3. The first-order valence-corrected chi connectivity index (χ1v) is 38.9. The van der Waals surface area contributed by atoms with Gasteiger partial charge in [0.25, 0.3) is 0 Å².